The van der Waals surface area contributed by atoms with Crippen molar-refractivity contribution in [3.05, 3.63) is 33.4 Å². The highest BCUT2D eigenvalue weighted by atomic mass is 127. The molecular weight excluding hydrogens is 417 g/mol. The minimum Gasteiger partial charge on any atom is -0.741 e. The molecule has 0 unspecified atom stereocenters. The summed E-state index contributed by atoms with van der Waals surface area (Å²) in [5.41, 5.74) is -6.24. The topological polar surface area (TPSA) is 57.2 Å². The van der Waals surface area contributed by atoms with Crippen LogP contribution < -0.4 is 22.6 Å². The van der Waals surface area contributed by atoms with E-state index in [1.807, 2.05) is 0 Å². The maximum absolute atomic E-state index is 11.9. The molecule has 1 aromatic carbocycles. The molecule has 19 heavy (non-hydrogen) atoms. The molecule has 11 heteroatoms. The zero-order valence-electron chi connectivity index (χ0n) is 8.62. The summed E-state index contributed by atoms with van der Waals surface area (Å²) < 4.78 is 95.5. The molecule has 0 amide bonds. The lowest BCUT2D eigenvalue weighted by molar-refractivity contribution is -0.328. The molecule has 0 fully saturated rings. The van der Waals surface area contributed by atoms with Gasteiger partial charge in [-0.25, -0.2) is 8.42 Å². The Morgan fingerprint density at radius 2 is 1.26 bits per heavy atom. The van der Waals surface area contributed by atoms with Gasteiger partial charge in [-0.2, -0.15) is 26.3 Å². The number of hydrogen-bond acceptors (Lipinski definition) is 3. The second-order valence-electron chi connectivity index (χ2n) is 2.92. The van der Waals surface area contributed by atoms with Gasteiger partial charge in [-0.3, -0.25) is 0 Å². The van der Waals surface area contributed by atoms with Crippen LogP contribution in [0.2, 0.25) is 0 Å². The lowest BCUT2D eigenvalue weighted by Gasteiger charge is -2.08. The molecule has 0 atom stereocenters. The highest BCUT2D eigenvalue weighted by molar-refractivity contribution is 7.86. The van der Waals surface area contributed by atoms with Crippen molar-refractivity contribution in [2.24, 2.45) is 0 Å². The van der Waals surface area contributed by atoms with Gasteiger partial charge >= 0.3 is 11.7 Å². The first-order valence-electron chi connectivity index (χ1n) is 4.11. The van der Waals surface area contributed by atoms with E-state index in [-0.39, 0.29) is 0 Å². The van der Waals surface area contributed by atoms with E-state index in [1.54, 1.807) is 22.6 Å². The Balaban J connectivity index is 0.000000362. The van der Waals surface area contributed by atoms with Gasteiger partial charge in [0, 0.05) is 0 Å². The van der Waals surface area contributed by atoms with Gasteiger partial charge in [0.15, 0.2) is 13.7 Å². The largest absolute Gasteiger partial charge is 0.741 e. The molecule has 110 valence electrons. The van der Waals surface area contributed by atoms with Gasteiger partial charge in [-0.1, -0.05) is 0 Å². The molecule has 0 bridgehead atoms. The third-order valence-electron chi connectivity index (χ3n) is 1.47. The van der Waals surface area contributed by atoms with Crippen LogP contribution in [0.3, 0.4) is 0 Å². The minimum absolute atomic E-state index is 0.593. The first-order chi connectivity index (χ1) is 8.25. The van der Waals surface area contributed by atoms with Crippen molar-refractivity contribution in [2.75, 3.05) is 0 Å². The molecule has 0 aliphatic rings. The lowest BCUT2D eigenvalue weighted by atomic mass is 10.2. The molecule has 0 spiro atoms. The third-order valence-corrected chi connectivity index (χ3v) is 2.81. The van der Waals surface area contributed by atoms with Crippen molar-refractivity contribution >= 4 is 10.1 Å². The molecule has 0 saturated heterocycles. The third kappa shape index (κ3) is 6.96. The number of hydrogen-bond donors (Lipinski definition) is 0. The molecule has 0 saturated carbocycles. The van der Waals surface area contributed by atoms with E-state index in [9.17, 15) is 26.3 Å². The van der Waals surface area contributed by atoms with Gasteiger partial charge in [0.25, 0.3) is 22.6 Å². The SMILES string of the molecule is FC(F)(F)c1ccc([IH+])cc1.O=S(=O)([O-])C(F)(F)F. The summed E-state index contributed by atoms with van der Waals surface area (Å²) in [6.07, 6.45) is -4.21. The van der Waals surface area contributed by atoms with Crippen LogP contribution >= 0.6 is 0 Å². The standard InChI is InChI=1S/C7H5F3I.CHF3O3S/c8-7(9,10)5-1-3-6(11)4-2-5;2-1(3,4)8(5,6)7/h1-4,11H;(H,5,6,7)/q+1;/p-1. The van der Waals surface area contributed by atoms with E-state index in [4.69, 9.17) is 13.0 Å². The molecule has 0 aliphatic heterocycles. The molecule has 3 nitrogen and oxygen atoms in total. The summed E-state index contributed by atoms with van der Waals surface area (Å²) in [6, 6.07) is 5.07. The van der Waals surface area contributed by atoms with Gasteiger partial charge in [-0.15, -0.1) is 0 Å². The average Bonchev–Trinajstić information content (AvgIpc) is 2.14. The van der Waals surface area contributed by atoms with E-state index in [0.717, 1.165) is 15.7 Å². The molecule has 0 N–H and O–H groups in total. The Labute approximate surface area is 117 Å². The predicted molar refractivity (Wildman–Crippen MR) is 47.3 cm³/mol. The van der Waals surface area contributed by atoms with Gasteiger partial charge in [0.2, 0.25) is 0 Å². The molecule has 0 heterocycles. The van der Waals surface area contributed by atoms with Crippen LogP contribution in [0.1, 0.15) is 5.56 Å². The van der Waals surface area contributed by atoms with Crippen LogP contribution in [0, 0.1) is 3.57 Å². The molecule has 1 rings (SSSR count). The summed E-state index contributed by atoms with van der Waals surface area (Å²) >= 11 is 1.68. The van der Waals surface area contributed by atoms with Crippen molar-refractivity contribution in [1.29, 1.82) is 0 Å². The van der Waals surface area contributed by atoms with Gasteiger partial charge in [-0.05, 0) is 24.3 Å². The summed E-state index contributed by atoms with van der Waals surface area (Å²) in [4.78, 5) is 0. The second-order valence-corrected chi connectivity index (χ2v) is 5.64. The van der Waals surface area contributed by atoms with Crippen LogP contribution in [0.25, 0.3) is 0 Å². The van der Waals surface area contributed by atoms with E-state index in [2.05, 4.69) is 0 Å². The Morgan fingerprint density at radius 1 is 0.947 bits per heavy atom. The fraction of sp³-hybridized carbons (Fsp3) is 0.250. The lowest BCUT2D eigenvalue weighted by Crippen LogP contribution is -3.34. The van der Waals surface area contributed by atoms with Crippen molar-refractivity contribution in [3.63, 3.8) is 0 Å². The van der Waals surface area contributed by atoms with Crippen molar-refractivity contribution in [3.8, 4) is 0 Å². The first-order valence-corrected chi connectivity index (χ1v) is 6.69. The van der Waals surface area contributed by atoms with E-state index in [0.29, 0.717) is 0 Å². The summed E-state index contributed by atoms with van der Waals surface area (Å²) in [5, 5.41) is 0. The predicted octanol–water partition coefficient (Wildman–Crippen LogP) is -0.788. The van der Waals surface area contributed by atoms with Crippen LogP contribution in [0.15, 0.2) is 24.3 Å². The Bertz CT molecular complexity index is 505. The maximum Gasteiger partial charge on any atom is 0.485 e. The number of rotatable bonds is 0. The summed E-state index contributed by atoms with van der Waals surface area (Å²) in [5.74, 6) is 0. The molecular formula is C8H5F6IO3S. The van der Waals surface area contributed by atoms with E-state index >= 15 is 0 Å². The average molecular weight is 422 g/mol. The fourth-order valence-electron chi connectivity index (χ4n) is 0.644. The summed E-state index contributed by atoms with van der Waals surface area (Å²) in [6.45, 7) is 0. The van der Waals surface area contributed by atoms with Crippen LogP contribution in [0.4, 0.5) is 26.3 Å². The maximum atomic E-state index is 11.9. The Morgan fingerprint density at radius 3 is 1.47 bits per heavy atom. The Kier molecular flexibility index (Phi) is 6.08. The quantitative estimate of drug-likeness (QED) is 0.239. The van der Waals surface area contributed by atoms with Gasteiger partial charge in [0.05, 0.1) is 5.56 Å². The molecule has 1 aromatic rings. The normalized spacial score (nSPS) is 12.6. The van der Waals surface area contributed by atoms with Crippen molar-refractivity contribution < 1.29 is 61.9 Å². The zero-order chi connectivity index (χ0) is 15.5. The van der Waals surface area contributed by atoms with Crippen LogP contribution in [-0.4, -0.2) is 18.5 Å². The first kappa shape index (κ1) is 18.4. The highest BCUT2D eigenvalue weighted by Crippen LogP contribution is 2.28. The van der Waals surface area contributed by atoms with E-state index < -0.39 is 27.4 Å². The molecule has 0 aliphatic carbocycles. The zero-order valence-corrected chi connectivity index (χ0v) is 11.8. The monoisotopic (exact) mass is 422 g/mol. The fourth-order valence-corrected chi connectivity index (χ4v) is 1.03. The van der Waals surface area contributed by atoms with E-state index in [1.165, 1.54) is 12.1 Å². The number of halogens is 7. The molecule has 0 radical (unpaired) electrons. The van der Waals surface area contributed by atoms with Gasteiger partial charge in [0.1, 0.15) is 0 Å². The molecule has 0 aromatic heterocycles. The summed E-state index contributed by atoms with van der Waals surface area (Å²) in [7, 11) is -6.09. The second kappa shape index (κ2) is 6.26. The number of benzene rings is 1. The van der Waals surface area contributed by atoms with Gasteiger partial charge < -0.3 is 4.55 Å². The van der Waals surface area contributed by atoms with Crippen LogP contribution in [0.5, 0.6) is 0 Å². The van der Waals surface area contributed by atoms with Crippen molar-refractivity contribution in [2.45, 2.75) is 11.7 Å². The van der Waals surface area contributed by atoms with Crippen LogP contribution in [-0.2, 0) is 16.3 Å². The smallest absolute Gasteiger partial charge is 0.485 e. The highest BCUT2D eigenvalue weighted by Gasteiger charge is 2.36. The van der Waals surface area contributed by atoms with Crippen molar-refractivity contribution in [1.82, 2.24) is 0 Å². The minimum atomic E-state index is -6.09. The number of alkyl halides is 6. The Hall–Kier alpha value is -0.560.